The lowest BCUT2D eigenvalue weighted by Gasteiger charge is -2.07. The number of carbonyl (C=O) groups excluding carboxylic acids is 1. The molecule has 0 aliphatic heterocycles. The molecule has 6 nitrogen and oxygen atoms in total. The van der Waals surface area contributed by atoms with Crippen LogP contribution in [-0.4, -0.2) is 30.9 Å². The van der Waals surface area contributed by atoms with Crippen LogP contribution in [0.5, 0.6) is 17.2 Å². The van der Waals surface area contributed by atoms with Crippen molar-refractivity contribution in [2.45, 2.75) is 13.8 Å². The Morgan fingerprint density at radius 2 is 1.96 bits per heavy atom. The average molecular weight is 328 g/mol. The van der Waals surface area contributed by atoms with Crippen molar-refractivity contribution in [3.63, 3.8) is 0 Å². The standard InChI is InChI=1S/C18H20N2O4/c1-12-7-13(2)9-15(8-12)24-11-17(21)20-19-10-14-5-4-6-16(23-3)18(14)22/h4-10,22H,11H2,1-3H3,(H,20,21)/b19-10-. The van der Waals surface area contributed by atoms with Gasteiger partial charge in [0.15, 0.2) is 18.1 Å². The van der Waals surface area contributed by atoms with Gasteiger partial charge in [-0.2, -0.15) is 5.10 Å². The van der Waals surface area contributed by atoms with Gasteiger partial charge in [0.05, 0.1) is 13.3 Å². The topological polar surface area (TPSA) is 80.2 Å². The second kappa shape index (κ2) is 8.01. The first-order valence-corrected chi connectivity index (χ1v) is 7.38. The number of hydrazone groups is 1. The number of phenolic OH excluding ortho intramolecular Hbond substituents is 1. The van der Waals surface area contributed by atoms with Gasteiger partial charge in [-0.15, -0.1) is 0 Å². The number of methoxy groups -OCH3 is 1. The number of aromatic hydroxyl groups is 1. The minimum absolute atomic E-state index is 0.0375. The summed E-state index contributed by atoms with van der Waals surface area (Å²) in [6.45, 7) is 3.78. The van der Waals surface area contributed by atoms with E-state index in [1.165, 1.54) is 13.3 Å². The molecule has 0 fully saturated rings. The molecule has 0 aliphatic carbocycles. The maximum atomic E-state index is 11.7. The molecule has 1 amide bonds. The first-order valence-electron chi connectivity index (χ1n) is 7.38. The summed E-state index contributed by atoms with van der Waals surface area (Å²) in [6, 6.07) is 10.7. The van der Waals surface area contributed by atoms with Crippen LogP contribution in [0.2, 0.25) is 0 Å². The van der Waals surface area contributed by atoms with Crippen molar-refractivity contribution in [3.05, 3.63) is 53.1 Å². The molecule has 2 N–H and O–H groups in total. The number of phenols is 1. The van der Waals surface area contributed by atoms with Gasteiger partial charge in [-0.1, -0.05) is 12.1 Å². The lowest BCUT2D eigenvalue weighted by atomic mass is 10.1. The van der Waals surface area contributed by atoms with Gasteiger partial charge in [0.1, 0.15) is 5.75 Å². The molecule has 0 atom stereocenters. The lowest BCUT2D eigenvalue weighted by molar-refractivity contribution is -0.123. The summed E-state index contributed by atoms with van der Waals surface area (Å²) in [5, 5.41) is 13.7. The predicted molar refractivity (Wildman–Crippen MR) is 91.8 cm³/mol. The van der Waals surface area contributed by atoms with Crippen molar-refractivity contribution in [1.82, 2.24) is 5.43 Å². The molecule has 6 heteroatoms. The summed E-state index contributed by atoms with van der Waals surface area (Å²) in [6.07, 6.45) is 1.34. The summed E-state index contributed by atoms with van der Waals surface area (Å²) >= 11 is 0. The van der Waals surface area contributed by atoms with E-state index < -0.39 is 5.91 Å². The van der Waals surface area contributed by atoms with E-state index in [2.05, 4.69) is 10.5 Å². The molecule has 0 saturated carbocycles. The van der Waals surface area contributed by atoms with Gasteiger partial charge in [-0.25, -0.2) is 5.43 Å². The summed E-state index contributed by atoms with van der Waals surface area (Å²) in [5.74, 6) is 0.540. The molecule has 24 heavy (non-hydrogen) atoms. The van der Waals surface area contributed by atoms with Crippen LogP contribution in [0.4, 0.5) is 0 Å². The van der Waals surface area contributed by atoms with Gasteiger partial charge >= 0.3 is 0 Å². The van der Waals surface area contributed by atoms with Crippen LogP contribution in [0.15, 0.2) is 41.5 Å². The van der Waals surface area contributed by atoms with Crippen LogP contribution >= 0.6 is 0 Å². The molecule has 2 aromatic carbocycles. The summed E-state index contributed by atoms with van der Waals surface area (Å²) in [7, 11) is 1.46. The SMILES string of the molecule is COc1cccc(/C=N\NC(=O)COc2cc(C)cc(C)c2)c1O. The van der Waals surface area contributed by atoms with Gasteiger partial charge in [-0.05, 0) is 49.2 Å². The Kier molecular flexibility index (Phi) is 5.78. The molecule has 126 valence electrons. The van der Waals surface area contributed by atoms with Gasteiger partial charge in [0.2, 0.25) is 0 Å². The molecule has 0 bridgehead atoms. The van der Waals surface area contributed by atoms with E-state index in [4.69, 9.17) is 9.47 Å². The third-order valence-electron chi connectivity index (χ3n) is 3.21. The quantitative estimate of drug-likeness (QED) is 0.631. The van der Waals surface area contributed by atoms with Gasteiger partial charge in [0, 0.05) is 5.56 Å². The Morgan fingerprint density at radius 3 is 2.62 bits per heavy atom. The van der Waals surface area contributed by atoms with Crippen molar-refractivity contribution >= 4 is 12.1 Å². The van der Waals surface area contributed by atoms with Crippen LogP contribution in [0.1, 0.15) is 16.7 Å². The zero-order valence-corrected chi connectivity index (χ0v) is 13.9. The number of amides is 1. The number of nitrogens with zero attached hydrogens (tertiary/aromatic N) is 1. The van der Waals surface area contributed by atoms with E-state index in [9.17, 15) is 9.90 Å². The molecule has 0 unspecified atom stereocenters. The highest BCUT2D eigenvalue weighted by Gasteiger charge is 2.06. The normalized spacial score (nSPS) is 10.6. The van der Waals surface area contributed by atoms with E-state index in [1.807, 2.05) is 32.0 Å². The molecular formula is C18H20N2O4. The Labute approximate surface area is 140 Å². The third-order valence-corrected chi connectivity index (χ3v) is 3.21. The molecule has 0 aliphatic rings. The van der Waals surface area contributed by atoms with Crippen molar-refractivity contribution < 1.29 is 19.4 Å². The van der Waals surface area contributed by atoms with Crippen LogP contribution in [0.25, 0.3) is 0 Å². The second-order valence-corrected chi connectivity index (χ2v) is 5.30. The Bertz CT molecular complexity index is 736. The predicted octanol–water partition coefficient (Wildman–Crippen LogP) is 2.55. The number of nitrogens with one attached hydrogen (secondary N) is 1. The number of carbonyl (C=O) groups is 1. The van der Waals surface area contributed by atoms with Crippen LogP contribution in [0, 0.1) is 13.8 Å². The van der Waals surface area contributed by atoms with Crippen LogP contribution in [0.3, 0.4) is 0 Å². The number of rotatable bonds is 6. The maximum Gasteiger partial charge on any atom is 0.277 e. The molecule has 0 spiro atoms. The summed E-state index contributed by atoms with van der Waals surface area (Å²) < 4.78 is 10.4. The fraction of sp³-hybridized carbons (Fsp3) is 0.222. The number of aryl methyl sites for hydroxylation is 2. The summed E-state index contributed by atoms with van der Waals surface area (Å²) in [5.41, 5.74) is 4.92. The Morgan fingerprint density at radius 1 is 1.25 bits per heavy atom. The number of hydrogen-bond donors (Lipinski definition) is 2. The Hall–Kier alpha value is -3.02. The van der Waals surface area contributed by atoms with E-state index >= 15 is 0 Å². The number of benzene rings is 2. The lowest BCUT2D eigenvalue weighted by Crippen LogP contribution is -2.24. The molecule has 0 saturated heterocycles. The smallest absolute Gasteiger partial charge is 0.277 e. The molecule has 2 rings (SSSR count). The average Bonchev–Trinajstić information content (AvgIpc) is 2.54. The number of para-hydroxylation sites is 1. The van der Waals surface area contributed by atoms with E-state index in [-0.39, 0.29) is 12.4 Å². The fourth-order valence-corrected chi connectivity index (χ4v) is 2.18. The highest BCUT2D eigenvalue weighted by Crippen LogP contribution is 2.27. The zero-order chi connectivity index (χ0) is 17.5. The van der Waals surface area contributed by atoms with E-state index in [0.717, 1.165) is 11.1 Å². The fourth-order valence-electron chi connectivity index (χ4n) is 2.18. The zero-order valence-electron chi connectivity index (χ0n) is 13.9. The van der Waals surface area contributed by atoms with Crippen molar-refractivity contribution in [1.29, 1.82) is 0 Å². The van der Waals surface area contributed by atoms with Crippen molar-refractivity contribution in [2.24, 2.45) is 5.10 Å². The molecular weight excluding hydrogens is 308 g/mol. The summed E-state index contributed by atoms with van der Waals surface area (Å²) in [4.78, 5) is 11.7. The number of ether oxygens (including phenoxy) is 2. The highest BCUT2D eigenvalue weighted by molar-refractivity contribution is 5.86. The minimum Gasteiger partial charge on any atom is -0.504 e. The minimum atomic E-state index is -0.396. The first-order chi connectivity index (χ1) is 11.5. The monoisotopic (exact) mass is 328 g/mol. The van der Waals surface area contributed by atoms with Crippen LogP contribution < -0.4 is 14.9 Å². The highest BCUT2D eigenvalue weighted by atomic mass is 16.5. The Balaban J connectivity index is 1.89. The first kappa shape index (κ1) is 17.3. The molecule has 0 radical (unpaired) electrons. The van der Waals surface area contributed by atoms with Gasteiger partial charge < -0.3 is 14.6 Å². The molecule has 0 heterocycles. The van der Waals surface area contributed by atoms with Gasteiger partial charge in [-0.3, -0.25) is 4.79 Å². The van der Waals surface area contributed by atoms with Gasteiger partial charge in [0.25, 0.3) is 5.91 Å². The second-order valence-electron chi connectivity index (χ2n) is 5.30. The van der Waals surface area contributed by atoms with Crippen molar-refractivity contribution in [2.75, 3.05) is 13.7 Å². The largest absolute Gasteiger partial charge is 0.504 e. The van der Waals surface area contributed by atoms with E-state index in [0.29, 0.717) is 17.1 Å². The third kappa shape index (κ3) is 4.74. The van der Waals surface area contributed by atoms with E-state index in [1.54, 1.807) is 18.2 Å². The van der Waals surface area contributed by atoms with Crippen molar-refractivity contribution in [3.8, 4) is 17.2 Å². The molecule has 2 aromatic rings. The number of hydrogen-bond acceptors (Lipinski definition) is 5. The maximum absolute atomic E-state index is 11.7. The molecule has 0 aromatic heterocycles. The van der Waals surface area contributed by atoms with Crippen LogP contribution in [-0.2, 0) is 4.79 Å².